The zero-order valence-corrected chi connectivity index (χ0v) is 11.9. The molecule has 1 saturated carbocycles. The van der Waals surface area contributed by atoms with Gasteiger partial charge < -0.3 is 9.64 Å². The number of carbonyl (C=O) groups is 1. The van der Waals surface area contributed by atoms with Crippen molar-refractivity contribution in [3.63, 3.8) is 0 Å². The molecule has 18 heavy (non-hydrogen) atoms. The largest absolute Gasteiger partial charge is 0.444 e. The summed E-state index contributed by atoms with van der Waals surface area (Å²) < 4.78 is 5.36. The minimum absolute atomic E-state index is 0.244. The summed E-state index contributed by atoms with van der Waals surface area (Å²) in [6.07, 6.45) is 4.41. The van der Waals surface area contributed by atoms with Crippen molar-refractivity contribution in [3.8, 4) is 6.07 Å². The predicted molar refractivity (Wildman–Crippen MR) is 70.0 cm³/mol. The van der Waals surface area contributed by atoms with Gasteiger partial charge in [-0.05, 0) is 52.4 Å². The molecule has 0 radical (unpaired) electrons. The summed E-state index contributed by atoms with van der Waals surface area (Å²) >= 11 is 0. The van der Waals surface area contributed by atoms with Gasteiger partial charge in [0.2, 0.25) is 0 Å². The minimum atomic E-state index is -0.441. The number of carbonyl (C=O) groups excluding carboxylic acids is 1. The molecule has 1 aliphatic rings. The Kier molecular flexibility index (Phi) is 5.01. The summed E-state index contributed by atoms with van der Waals surface area (Å²) in [6.45, 7) is 5.63. The summed E-state index contributed by atoms with van der Waals surface area (Å²) in [4.78, 5) is 13.6. The van der Waals surface area contributed by atoms with Crippen LogP contribution < -0.4 is 0 Å². The second kappa shape index (κ2) is 6.08. The van der Waals surface area contributed by atoms with Gasteiger partial charge in [0.15, 0.2) is 0 Å². The van der Waals surface area contributed by atoms with E-state index in [0.29, 0.717) is 12.3 Å². The Labute approximate surface area is 110 Å². The maximum Gasteiger partial charge on any atom is 0.410 e. The molecule has 0 N–H and O–H groups in total. The van der Waals surface area contributed by atoms with Crippen molar-refractivity contribution in [1.82, 2.24) is 4.90 Å². The van der Waals surface area contributed by atoms with Gasteiger partial charge in [-0.15, -0.1) is 0 Å². The molecule has 0 aromatic carbocycles. The molecule has 102 valence electrons. The third-order valence-corrected chi connectivity index (χ3v) is 3.43. The third-order valence-electron chi connectivity index (χ3n) is 3.43. The van der Waals surface area contributed by atoms with E-state index in [1.807, 2.05) is 27.8 Å². The molecule has 0 unspecified atom stereocenters. The van der Waals surface area contributed by atoms with E-state index in [4.69, 9.17) is 10.00 Å². The number of amides is 1. The van der Waals surface area contributed by atoms with Gasteiger partial charge in [0.1, 0.15) is 5.60 Å². The van der Waals surface area contributed by atoms with Gasteiger partial charge in [-0.3, -0.25) is 0 Å². The van der Waals surface area contributed by atoms with Crippen molar-refractivity contribution in [2.24, 2.45) is 5.92 Å². The first-order valence-electron chi connectivity index (χ1n) is 6.66. The molecule has 1 aliphatic carbocycles. The molecular formula is C14H24N2O2. The van der Waals surface area contributed by atoms with Crippen LogP contribution in [0.25, 0.3) is 0 Å². The standard InChI is InChI=1S/C14H24N2O2/c1-14(2,3)18-13(17)16(4)12-7-5-11(6-8-12)9-10-15/h11-12H,5-9H2,1-4H3. The van der Waals surface area contributed by atoms with E-state index < -0.39 is 5.60 Å². The molecule has 0 aromatic rings. The SMILES string of the molecule is CN(C(=O)OC(C)(C)C)C1CCC(CC#N)CC1. The Hall–Kier alpha value is -1.24. The van der Waals surface area contributed by atoms with Gasteiger partial charge in [-0.2, -0.15) is 5.26 Å². The number of rotatable bonds is 2. The van der Waals surface area contributed by atoms with Crippen LogP contribution in [0.4, 0.5) is 4.79 Å². The first-order chi connectivity index (χ1) is 8.33. The van der Waals surface area contributed by atoms with Gasteiger partial charge in [0.05, 0.1) is 6.07 Å². The lowest BCUT2D eigenvalue weighted by atomic mass is 9.84. The van der Waals surface area contributed by atoms with Gasteiger partial charge >= 0.3 is 6.09 Å². The highest BCUT2D eigenvalue weighted by Crippen LogP contribution is 2.29. The molecule has 0 atom stereocenters. The van der Waals surface area contributed by atoms with Gasteiger partial charge in [-0.1, -0.05) is 0 Å². The van der Waals surface area contributed by atoms with Crippen molar-refractivity contribution in [2.75, 3.05) is 7.05 Å². The number of ether oxygens (including phenoxy) is 1. The average molecular weight is 252 g/mol. The highest BCUT2D eigenvalue weighted by molar-refractivity contribution is 5.68. The molecule has 0 bridgehead atoms. The minimum Gasteiger partial charge on any atom is -0.444 e. The summed E-state index contributed by atoms with van der Waals surface area (Å²) in [5, 5.41) is 8.67. The summed E-state index contributed by atoms with van der Waals surface area (Å²) in [5.41, 5.74) is -0.441. The van der Waals surface area contributed by atoms with Crippen LogP contribution in [0.15, 0.2) is 0 Å². The smallest absolute Gasteiger partial charge is 0.410 e. The number of nitriles is 1. The van der Waals surface area contributed by atoms with E-state index in [0.717, 1.165) is 25.7 Å². The maximum atomic E-state index is 11.9. The number of hydrogen-bond acceptors (Lipinski definition) is 3. The molecule has 0 aliphatic heterocycles. The maximum absolute atomic E-state index is 11.9. The molecular weight excluding hydrogens is 228 g/mol. The Bertz CT molecular complexity index is 320. The van der Waals surface area contributed by atoms with Crippen LogP contribution in [0.5, 0.6) is 0 Å². The van der Waals surface area contributed by atoms with Gasteiger partial charge in [-0.25, -0.2) is 4.79 Å². The average Bonchev–Trinajstić information content (AvgIpc) is 2.27. The third kappa shape index (κ3) is 4.56. The first kappa shape index (κ1) is 14.8. The fourth-order valence-electron chi connectivity index (χ4n) is 2.35. The summed E-state index contributed by atoms with van der Waals surface area (Å²) in [7, 11) is 1.81. The van der Waals surface area contributed by atoms with E-state index in [2.05, 4.69) is 6.07 Å². The van der Waals surface area contributed by atoms with Crippen LogP contribution in [0, 0.1) is 17.2 Å². The molecule has 1 rings (SSSR count). The number of nitrogens with zero attached hydrogens (tertiary/aromatic N) is 2. The number of hydrogen-bond donors (Lipinski definition) is 0. The topological polar surface area (TPSA) is 53.3 Å². The second-order valence-electron chi connectivity index (χ2n) is 6.13. The molecule has 1 amide bonds. The normalized spacial score (nSPS) is 24.2. The Morgan fingerprint density at radius 3 is 2.33 bits per heavy atom. The van der Waals surface area contributed by atoms with E-state index in [1.165, 1.54) is 0 Å². The van der Waals surface area contributed by atoms with Gasteiger partial charge in [0, 0.05) is 19.5 Å². The molecule has 0 aromatic heterocycles. The Morgan fingerprint density at radius 1 is 1.33 bits per heavy atom. The lowest BCUT2D eigenvalue weighted by Crippen LogP contribution is -2.42. The highest BCUT2D eigenvalue weighted by Gasteiger charge is 2.29. The molecule has 4 nitrogen and oxygen atoms in total. The predicted octanol–water partition coefficient (Wildman–Crippen LogP) is 3.33. The van der Waals surface area contributed by atoms with Crippen LogP contribution in [0.1, 0.15) is 52.9 Å². The highest BCUT2D eigenvalue weighted by atomic mass is 16.6. The van der Waals surface area contributed by atoms with Gasteiger partial charge in [0.25, 0.3) is 0 Å². The zero-order valence-electron chi connectivity index (χ0n) is 11.9. The quantitative estimate of drug-likeness (QED) is 0.757. The molecule has 0 saturated heterocycles. The fraction of sp³-hybridized carbons (Fsp3) is 0.857. The molecule has 0 spiro atoms. The second-order valence-corrected chi connectivity index (χ2v) is 6.13. The zero-order chi connectivity index (χ0) is 13.8. The van der Waals surface area contributed by atoms with E-state index in [9.17, 15) is 4.79 Å². The van der Waals surface area contributed by atoms with E-state index in [-0.39, 0.29) is 12.1 Å². The summed E-state index contributed by atoms with van der Waals surface area (Å²) in [6, 6.07) is 2.49. The van der Waals surface area contributed by atoms with Crippen LogP contribution >= 0.6 is 0 Å². The van der Waals surface area contributed by atoms with Crippen LogP contribution in [-0.2, 0) is 4.74 Å². The summed E-state index contributed by atoms with van der Waals surface area (Å²) in [5.74, 6) is 0.512. The van der Waals surface area contributed by atoms with Crippen LogP contribution in [-0.4, -0.2) is 29.7 Å². The molecule has 1 fully saturated rings. The molecule has 0 heterocycles. The monoisotopic (exact) mass is 252 g/mol. The van der Waals surface area contributed by atoms with Crippen molar-refractivity contribution in [1.29, 1.82) is 5.26 Å². The lowest BCUT2D eigenvalue weighted by Gasteiger charge is -2.35. The van der Waals surface area contributed by atoms with Crippen molar-refractivity contribution in [2.45, 2.75) is 64.5 Å². The van der Waals surface area contributed by atoms with Crippen LogP contribution in [0.2, 0.25) is 0 Å². The molecule has 4 heteroatoms. The lowest BCUT2D eigenvalue weighted by molar-refractivity contribution is 0.0173. The first-order valence-corrected chi connectivity index (χ1v) is 6.66. The Morgan fingerprint density at radius 2 is 1.89 bits per heavy atom. The van der Waals surface area contributed by atoms with Crippen molar-refractivity contribution < 1.29 is 9.53 Å². The fourth-order valence-corrected chi connectivity index (χ4v) is 2.35. The Balaban J connectivity index is 2.43. The van der Waals surface area contributed by atoms with E-state index in [1.54, 1.807) is 4.90 Å². The van der Waals surface area contributed by atoms with Crippen molar-refractivity contribution in [3.05, 3.63) is 0 Å². The van der Waals surface area contributed by atoms with E-state index >= 15 is 0 Å². The van der Waals surface area contributed by atoms with Crippen molar-refractivity contribution >= 4 is 6.09 Å². The van der Waals surface area contributed by atoms with Crippen LogP contribution in [0.3, 0.4) is 0 Å².